The molecular weight excluding hydrogens is 456 g/mol. The molecule has 7 nitrogen and oxygen atoms in total. The summed E-state index contributed by atoms with van der Waals surface area (Å²) < 4.78 is 25.1. The Labute approximate surface area is 197 Å². The largest absolute Gasteiger partial charge is 0.318 e. The second kappa shape index (κ2) is 9.01. The lowest BCUT2D eigenvalue weighted by Crippen LogP contribution is -2.19. The number of nitrogens with zero attached hydrogens (tertiary/aromatic N) is 2. The van der Waals surface area contributed by atoms with Gasteiger partial charge < -0.3 is 9.88 Å². The molecule has 1 aliphatic heterocycles. The van der Waals surface area contributed by atoms with Crippen LogP contribution in [-0.4, -0.2) is 24.1 Å². The predicted octanol–water partition coefficient (Wildman–Crippen LogP) is 4.20. The van der Waals surface area contributed by atoms with E-state index in [2.05, 4.69) is 17.2 Å². The first-order chi connectivity index (χ1) is 15.7. The molecule has 0 atom stereocenters. The summed E-state index contributed by atoms with van der Waals surface area (Å²) in [6.45, 7) is 6.01. The Bertz CT molecular complexity index is 1380. The number of aryl methyl sites for hydroxylation is 2. The van der Waals surface area contributed by atoms with Gasteiger partial charge >= 0.3 is 0 Å². The lowest BCUT2D eigenvalue weighted by molar-refractivity contribution is -0.115. The molecule has 3 aromatic rings. The molecule has 1 aliphatic rings. The van der Waals surface area contributed by atoms with Gasteiger partial charge in [-0.15, -0.1) is 0 Å². The molecule has 1 fully saturated rings. The van der Waals surface area contributed by atoms with Crippen LogP contribution in [0.4, 0.5) is 5.69 Å². The maximum absolute atomic E-state index is 12.5. The Hall–Kier alpha value is -3.14. The summed E-state index contributed by atoms with van der Waals surface area (Å²) in [5, 5.41) is 8.56. The molecule has 1 saturated heterocycles. The Morgan fingerprint density at radius 1 is 1.09 bits per heavy atom. The number of carbonyl (C=O) groups is 1. The first kappa shape index (κ1) is 23.0. The number of sulfonamides is 1. The number of rotatable bonds is 5. The van der Waals surface area contributed by atoms with Crippen LogP contribution >= 0.6 is 11.8 Å². The number of aliphatic imine (C=N–C) groups is 1. The summed E-state index contributed by atoms with van der Waals surface area (Å²) in [5.74, 6) is -0.189. The minimum atomic E-state index is -3.75. The molecule has 0 unspecified atom stereocenters. The van der Waals surface area contributed by atoms with Crippen molar-refractivity contribution in [2.45, 2.75) is 32.1 Å². The van der Waals surface area contributed by atoms with Crippen molar-refractivity contribution >= 4 is 44.6 Å². The number of thioether (sulfide) groups is 1. The zero-order valence-corrected chi connectivity index (χ0v) is 20.1. The average molecular weight is 481 g/mol. The fraction of sp³-hybridized carbons (Fsp3) is 0.167. The molecule has 1 aromatic heterocycles. The van der Waals surface area contributed by atoms with E-state index in [1.165, 1.54) is 29.5 Å². The van der Waals surface area contributed by atoms with Gasteiger partial charge in [0, 0.05) is 17.1 Å². The van der Waals surface area contributed by atoms with Crippen molar-refractivity contribution in [2.75, 3.05) is 0 Å². The molecule has 170 valence electrons. The van der Waals surface area contributed by atoms with Crippen LogP contribution in [0.2, 0.25) is 0 Å². The molecule has 4 rings (SSSR count). The van der Waals surface area contributed by atoms with Crippen molar-refractivity contribution < 1.29 is 13.2 Å². The third-order valence-electron chi connectivity index (χ3n) is 5.41. The van der Waals surface area contributed by atoms with E-state index >= 15 is 0 Å². The molecule has 0 aliphatic carbocycles. The standard InChI is InChI=1S/C24H24N4O3S2/c1-4-17-5-7-19(8-6-17)26-24-27-23(29)22(32-24)14-18-13-15(2)28(16(18)3)20-9-11-21(12-10-20)33(25,30)31/h5-14H,4H2,1-3H3,(H2,25,30,31)(H,26,27,29)/b22-14-. The van der Waals surface area contributed by atoms with Gasteiger partial charge in [0.25, 0.3) is 5.91 Å². The smallest absolute Gasteiger partial charge is 0.264 e. The summed E-state index contributed by atoms with van der Waals surface area (Å²) in [4.78, 5) is 17.7. The predicted molar refractivity (Wildman–Crippen MR) is 133 cm³/mol. The van der Waals surface area contributed by atoms with E-state index in [0.717, 1.165) is 34.7 Å². The molecule has 9 heteroatoms. The van der Waals surface area contributed by atoms with Gasteiger partial charge in [-0.05, 0) is 91.7 Å². The van der Waals surface area contributed by atoms with Crippen molar-refractivity contribution in [1.82, 2.24) is 9.88 Å². The van der Waals surface area contributed by atoms with Gasteiger partial charge in [-0.25, -0.2) is 18.5 Å². The summed E-state index contributed by atoms with van der Waals surface area (Å²) in [5.41, 5.74) is 5.61. The highest BCUT2D eigenvalue weighted by atomic mass is 32.2. The number of aromatic nitrogens is 1. The fourth-order valence-corrected chi connectivity index (χ4v) is 5.01. The van der Waals surface area contributed by atoms with Gasteiger partial charge in [-0.1, -0.05) is 19.1 Å². The molecule has 0 spiro atoms. The number of nitrogens with two attached hydrogens (primary N) is 1. The molecule has 3 N–H and O–H groups in total. The zero-order chi connectivity index (χ0) is 23.8. The quantitative estimate of drug-likeness (QED) is 0.534. The average Bonchev–Trinajstić information content (AvgIpc) is 3.26. The van der Waals surface area contributed by atoms with Gasteiger partial charge in [0.2, 0.25) is 10.0 Å². The molecule has 0 radical (unpaired) electrons. The van der Waals surface area contributed by atoms with E-state index in [1.807, 2.05) is 54.8 Å². The van der Waals surface area contributed by atoms with Gasteiger partial charge in [0.15, 0.2) is 5.17 Å². The van der Waals surface area contributed by atoms with E-state index < -0.39 is 10.0 Å². The summed E-state index contributed by atoms with van der Waals surface area (Å²) in [6.07, 6.45) is 2.81. The topological polar surface area (TPSA) is 107 Å². The second-order valence-corrected chi connectivity index (χ2v) is 10.3. The molecule has 1 amide bonds. The fourth-order valence-electron chi connectivity index (χ4n) is 3.66. The number of hydrogen-bond donors (Lipinski definition) is 2. The summed E-state index contributed by atoms with van der Waals surface area (Å²) in [7, 11) is -3.75. The van der Waals surface area contributed by atoms with Crippen LogP contribution < -0.4 is 10.5 Å². The second-order valence-electron chi connectivity index (χ2n) is 7.70. The Kier molecular flexibility index (Phi) is 6.29. The van der Waals surface area contributed by atoms with Crippen molar-refractivity contribution in [3.8, 4) is 5.69 Å². The highest BCUT2D eigenvalue weighted by Crippen LogP contribution is 2.30. The highest BCUT2D eigenvalue weighted by molar-refractivity contribution is 8.18. The Balaban J connectivity index is 1.60. The van der Waals surface area contributed by atoms with Crippen LogP contribution in [0.25, 0.3) is 11.8 Å². The molecule has 2 aromatic carbocycles. The molecule has 33 heavy (non-hydrogen) atoms. The van der Waals surface area contributed by atoms with Crippen LogP contribution in [0.1, 0.15) is 29.4 Å². The maximum atomic E-state index is 12.5. The number of amidine groups is 1. The molecule has 0 saturated carbocycles. The third kappa shape index (κ3) is 4.95. The van der Waals surface area contributed by atoms with Gasteiger partial charge in [0.05, 0.1) is 15.5 Å². The minimum absolute atomic E-state index is 0.0613. The SMILES string of the molecule is CCc1ccc(N=C2NC(=O)/C(=C/c3cc(C)n(-c4ccc(S(N)(=O)=O)cc4)c3C)S2)cc1. The molecular formula is C24H24N4O3S2. The van der Waals surface area contributed by atoms with Crippen LogP contribution in [0, 0.1) is 13.8 Å². The van der Waals surface area contributed by atoms with Crippen molar-refractivity contribution in [3.05, 3.63) is 82.0 Å². The lowest BCUT2D eigenvalue weighted by Gasteiger charge is -2.10. The van der Waals surface area contributed by atoms with Gasteiger partial charge in [0.1, 0.15) is 0 Å². The van der Waals surface area contributed by atoms with E-state index in [4.69, 9.17) is 5.14 Å². The Morgan fingerprint density at radius 3 is 2.36 bits per heavy atom. The summed E-state index contributed by atoms with van der Waals surface area (Å²) >= 11 is 1.30. The van der Waals surface area contributed by atoms with Crippen LogP contribution in [0.15, 0.2) is 69.4 Å². The highest BCUT2D eigenvalue weighted by Gasteiger charge is 2.24. The monoisotopic (exact) mass is 480 g/mol. The molecule has 2 heterocycles. The van der Waals surface area contributed by atoms with E-state index in [1.54, 1.807) is 12.1 Å². The first-order valence-electron chi connectivity index (χ1n) is 10.4. The van der Waals surface area contributed by atoms with Gasteiger partial charge in [-0.3, -0.25) is 4.79 Å². The number of carbonyl (C=O) groups excluding carboxylic acids is 1. The van der Waals surface area contributed by atoms with Gasteiger partial charge in [-0.2, -0.15) is 0 Å². The van der Waals surface area contributed by atoms with Crippen molar-refractivity contribution in [1.29, 1.82) is 0 Å². The van der Waals surface area contributed by atoms with Crippen LogP contribution in [0.5, 0.6) is 0 Å². The van der Waals surface area contributed by atoms with Crippen LogP contribution in [0.3, 0.4) is 0 Å². The normalized spacial score (nSPS) is 16.5. The number of primary sulfonamides is 1. The maximum Gasteiger partial charge on any atom is 0.264 e. The Morgan fingerprint density at radius 2 is 1.76 bits per heavy atom. The summed E-state index contributed by atoms with van der Waals surface area (Å²) in [6, 6.07) is 16.3. The van der Waals surface area contributed by atoms with E-state index in [-0.39, 0.29) is 10.8 Å². The van der Waals surface area contributed by atoms with Crippen molar-refractivity contribution in [2.24, 2.45) is 10.1 Å². The van der Waals surface area contributed by atoms with E-state index in [9.17, 15) is 13.2 Å². The number of amides is 1. The molecule has 0 bridgehead atoms. The zero-order valence-electron chi connectivity index (χ0n) is 18.5. The number of nitrogens with one attached hydrogen (secondary N) is 1. The lowest BCUT2D eigenvalue weighted by atomic mass is 10.2. The van der Waals surface area contributed by atoms with Crippen molar-refractivity contribution in [3.63, 3.8) is 0 Å². The first-order valence-corrected chi connectivity index (χ1v) is 12.7. The minimum Gasteiger partial charge on any atom is -0.318 e. The third-order valence-corrected chi connectivity index (χ3v) is 7.25. The van der Waals surface area contributed by atoms with E-state index in [0.29, 0.717) is 10.1 Å². The number of benzene rings is 2. The van der Waals surface area contributed by atoms with Crippen LogP contribution in [-0.2, 0) is 21.2 Å². The number of hydrogen-bond acceptors (Lipinski definition) is 5.